The Bertz CT molecular complexity index is 205. The Morgan fingerprint density at radius 3 is 2.27 bits per heavy atom. The van der Waals surface area contributed by atoms with Crippen LogP contribution in [0.4, 0.5) is 4.11 Å². The molecule has 1 aromatic rings. The van der Waals surface area contributed by atoms with Gasteiger partial charge in [-0.2, -0.15) is 30.3 Å². The third kappa shape index (κ3) is 3.24. The van der Waals surface area contributed by atoms with E-state index in [2.05, 4.69) is 6.07 Å². The molecule has 0 aromatic heterocycles. The van der Waals surface area contributed by atoms with Crippen LogP contribution in [0.1, 0.15) is 0 Å². The van der Waals surface area contributed by atoms with Gasteiger partial charge in [-0.1, -0.05) is 0 Å². The summed E-state index contributed by atoms with van der Waals surface area (Å²) < 4.78 is 13.2. The van der Waals surface area contributed by atoms with E-state index in [-0.39, 0.29) is 18.9 Å². The van der Waals surface area contributed by atoms with Gasteiger partial charge in [0.2, 0.25) is 8.41 Å². The van der Waals surface area contributed by atoms with Crippen molar-refractivity contribution in [2.75, 3.05) is 0 Å². The standard InChI is InChI=1S/C8H10FSi.Li/c1-10(2,9)8-6-4-3-5-7-8;/h3-6H,1-2H3;/q-1;+1. The predicted octanol–water partition coefficient (Wildman–Crippen LogP) is -1.13. The zero-order valence-electron chi connectivity index (χ0n) is 7.19. The molecule has 0 aliphatic rings. The van der Waals surface area contributed by atoms with Gasteiger partial charge < -0.3 is 4.11 Å². The van der Waals surface area contributed by atoms with Gasteiger partial charge in [-0.25, -0.2) is 0 Å². The first kappa shape index (κ1) is 11.0. The fraction of sp³-hybridized carbons (Fsp3) is 0.250. The van der Waals surface area contributed by atoms with Crippen molar-refractivity contribution in [3.05, 3.63) is 30.3 Å². The predicted molar refractivity (Wildman–Crippen MR) is 43.5 cm³/mol. The molecule has 0 nitrogen and oxygen atoms in total. The number of hydrogen-bond acceptors (Lipinski definition) is 0. The minimum atomic E-state index is -2.59. The fourth-order valence-electron chi connectivity index (χ4n) is 0.763. The van der Waals surface area contributed by atoms with E-state index in [4.69, 9.17) is 0 Å². The molecule has 0 bridgehead atoms. The molecule has 1 aromatic carbocycles. The molecule has 1 rings (SSSR count). The molecule has 54 valence electrons. The minimum absolute atomic E-state index is 0. The van der Waals surface area contributed by atoms with Crippen LogP contribution in [0.15, 0.2) is 24.3 Å². The third-order valence-corrected chi connectivity index (χ3v) is 2.94. The Balaban J connectivity index is 0.000001000. The van der Waals surface area contributed by atoms with E-state index in [1.807, 2.05) is 12.1 Å². The van der Waals surface area contributed by atoms with E-state index in [1.54, 1.807) is 25.2 Å². The van der Waals surface area contributed by atoms with Crippen LogP contribution in [0.2, 0.25) is 13.1 Å². The van der Waals surface area contributed by atoms with Crippen molar-refractivity contribution in [3.63, 3.8) is 0 Å². The molecule has 0 saturated heterocycles. The summed E-state index contributed by atoms with van der Waals surface area (Å²) in [6.45, 7) is 3.33. The second-order valence-corrected chi connectivity index (χ2v) is 6.23. The zero-order chi connectivity index (χ0) is 7.61. The van der Waals surface area contributed by atoms with Gasteiger partial charge >= 0.3 is 18.9 Å². The van der Waals surface area contributed by atoms with Crippen LogP contribution in [-0.4, -0.2) is 8.41 Å². The van der Waals surface area contributed by atoms with E-state index < -0.39 is 8.41 Å². The van der Waals surface area contributed by atoms with E-state index in [9.17, 15) is 4.11 Å². The maximum Gasteiger partial charge on any atom is 1.00 e. The Kier molecular flexibility index (Phi) is 4.09. The minimum Gasteiger partial charge on any atom is -0.311 e. The second-order valence-electron chi connectivity index (χ2n) is 2.75. The molecular weight excluding hydrogens is 150 g/mol. The van der Waals surface area contributed by atoms with E-state index in [0.29, 0.717) is 0 Å². The first-order valence-corrected chi connectivity index (χ1v) is 6.14. The Hall–Kier alpha value is -0.0357. The smallest absolute Gasteiger partial charge is 0.311 e. The van der Waals surface area contributed by atoms with Crippen LogP contribution < -0.4 is 24.0 Å². The van der Waals surface area contributed by atoms with Gasteiger partial charge in [0.15, 0.2) is 0 Å². The molecule has 0 fully saturated rings. The summed E-state index contributed by atoms with van der Waals surface area (Å²) in [6, 6.07) is 10.1. The summed E-state index contributed by atoms with van der Waals surface area (Å²) in [4.78, 5) is 0. The first-order chi connectivity index (χ1) is 4.61. The van der Waals surface area contributed by atoms with E-state index in [0.717, 1.165) is 5.19 Å². The summed E-state index contributed by atoms with van der Waals surface area (Å²) in [5.41, 5.74) is 0. The molecule has 0 radical (unpaired) electrons. The van der Waals surface area contributed by atoms with Gasteiger partial charge in [0.25, 0.3) is 0 Å². The van der Waals surface area contributed by atoms with Gasteiger partial charge in [0, 0.05) is 0 Å². The summed E-state index contributed by atoms with van der Waals surface area (Å²) in [5.74, 6) is 0. The second kappa shape index (κ2) is 4.11. The summed E-state index contributed by atoms with van der Waals surface area (Å²) in [5, 5.41) is 0.745. The topological polar surface area (TPSA) is 0 Å². The van der Waals surface area contributed by atoms with Gasteiger partial charge in [-0.05, 0) is 13.1 Å². The van der Waals surface area contributed by atoms with Crippen molar-refractivity contribution in [3.8, 4) is 0 Å². The van der Waals surface area contributed by atoms with Crippen molar-refractivity contribution in [1.29, 1.82) is 0 Å². The Morgan fingerprint density at radius 2 is 2.00 bits per heavy atom. The van der Waals surface area contributed by atoms with Crippen molar-refractivity contribution in [2.24, 2.45) is 0 Å². The van der Waals surface area contributed by atoms with Crippen LogP contribution in [0.3, 0.4) is 0 Å². The van der Waals surface area contributed by atoms with Crippen molar-refractivity contribution < 1.29 is 23.0 Å². The molecule has 0 heterocycles. The maximum absolute atomic E-state index is 13.2. The van der Waals surface area contributed by atoms with Crippen molar-refractivity contribution >= 4 is 13.6 Å². The molecule has 11 heavy (non-hydrogen) atoms. The van der Waals surface area contributed by atoms with Crippen molar-refractivity contribution in [1.82, 2.24) is 0 Å². The SMILES string of the molecule is C[Si](C)(F)c1[c-]cccc1.[Li+]. The summed E-state index contributed by atoms with van der Waals surface area (Å²) >= 11 is 0. The molecule has 0 unspecified atom stereocenters. The maximum atomic E-state index is 13.2. The van der Waals surface area contributed by atoms with Crippen LogP contribution in [0.5, 0.6) is 0 Å². The van der Waals surface area contributed by atoms with Gasteiger partial charge in [0.1, 0.15) is 0 Å². The van der Waals surface area contributed by atoms with Crippen LogP contribution in [-0.2, 0) is 0 Å². The van der Waals surface area contributed by atoms with Crippen LogP contribution in [0, 0.1) is 6.07 Å². The van der Waals surface area contributed by atoms with E-state index in [1.165, 1.54) is 0 Å². The first-order valence-electron chi connectivity index (χ1n) is 3.27. The summed E-state index contributed by atoms with van der Waals surface area (Å²) in [7, 11) is -2.59. The van der Waals surface area contributed by atoms with E-state index >= 15 is 0 Å². The zero-order valence-corrected chi connectivity index (χ0v) is 8.19. The van der Waals surface area contributed by atoms with Crippen LogP contribution >= 0.6 is 0 Å². The quantitative estimate of drug-likeness (QED) is 0.277. The molecule has 0 spiro atoms. The van der Waals surface area contributed by atoms with Gasteiger partial charge in [-0.15, -0.1) is 5.19 Å². The number of halogens is 1. The molecule has 3 heteroatoms. The fourth-order valence-corrected chi connectivity index (χ4v) is 1.68. The summed E-state index contributed by atoms with van der Waals surface area (Å²) in [6.07, 6.45) is 0. The van der Waals surface area contributed by atoms with Gasteiger partial charge in [-0.3, -0.25) is 0 Å². The average Bonchev–Trinajstić information content (AvgIpc) is 1.88. The van der Waals surface area contributed by atoms with Crippen molar-refractivity contribution in [2.45, 2.75) is 13.1 Å². The molecule has 0 aliphatic carbocycles. The number of benzene rings is 1. The molecule has 0 atom stereocenters. The Labute approximate surface area is 80.2 Å². The number of rotatable bonds is 1. The number of hydrogen-bond donors (Lipinski definition) is 0. The molecular formula is C8H10FLiSi. The average molecular weight is 160 g/mol. The molecule has 0 amide bonds. The molecule has 0 N–H and O–H groups in total. The van der Waals surface area contributed by atoms with Gasteiger partial charge in [0.05, 0.1) is 0 Å². The largest absolute Gasteiger partial charge is 1.00 e. The normalized spacial score (nSPS) is 10.5. The third-order valence-electron chi connectivity index (χ3n) is 1.35. The van der Waals surface area contributed by atoms with Crippen LogP contribution in [0.25, 0.3) is 0 Å². The molecule has 0 saturated carbocycles. The molecule has 0 aliphatic heterocycles. The Morgan fingerprint density at radius 1 is 1.36 bits per heavy atom. The monoisotopic (exact) mass is 160 g/mol.